The minimum atomic E-state index is -0.231. The van der Waals surface area contributed by atoms with Crippen molar-refractivity contribution in [1.82, 2.24) is 9.47 Å². The number of hydrogen-bond acceptors (Lipinski definition) is 1. The molecule has 1 heterocycles. The van der Waals surface area contributed by atoms with Gasteiger partial charge in [-0.2, -0.15) is 0 Å². The van der Waals surface area contributed by atoms with Gasteiger partial charge in [-0.1, -0.05) is 43.7 Å². The van der Waals surface area contributed by atoms with Crippen molar-refractivity contribution in [2.24, 2.45) is 0 Å². The minimum Gasteiger partial charge on any atom is -0.345 e. The van der Waals surface area contributed by atoms with Crippen molar-refractivity contribution in [2.75, 3.05) is 6.54 Å². The molecule has 0 bridgehead atoms. The Bertz CT molecular complexity index is 932. The van der Waals surface area contributed by atoms with E-state index in [1.54, 1.807) is 12.1 Å². The van der Waals surface area contributed by atoms with Crippen LogP contribution < -0.4 is 0 Å². The van der Waals surface area contributed by atoms with Crippen LogP contribution in [0.3, 0.4) is 0 Å². The van der Waals surface area contributed by atoms with E-state index in [9.17, 15) is 9.18 Å². The minimum absolute atomic E-state index is 0.0602. The van der Waals surface area contributed by atoms with Crippen molar-refractivity contribution < 1.29 is 9.18 Å². The van der Waals surface area contributed by atoms with Crippen LogP contribution in [0.1, 0.15) is 46.9 Å². The predicted octanol–water partition coefficient (Wildman–Crippen LogP) is 5.43. The Morgan fingerprint density at radius 2 is 1.89 bits per heavy atom. The number of hydrogen-bond donors (Lipinski definition) is 0. The molecule has 3 nitrogen and oxygen atoms in total. The monoisotopic (exact) mass is 378 g/mol. The molecule has 3 rings (SSSR count). The highest BCUT2D eigenvalue weighted by molar-refractivity contribution is 5.95. The number of nitrogens with zero attached hydrogens (tertiary/aromatic N) is 2. The van der Waals surface area contributed by atoms with Gasteiger partial charge in [-0.05, 0) is 54.8 Å². The first kappa shape index (κ1) is 19.9. The molecule has 28 heavy (non-hydrogen) atoms. The van der Waals surface area contributed by atoms with Crippen molar-refractivity contribution >= 4 is 5.91 Å². The molecule has 0 aliphatic rings. The maximum Gasteiger partial charge on any atom is 0.254 e. The van der Waals surface area contributed by atoms with Gasteiger partial charge in [0, 0.05) is 30.5 Å². The molecule has 0 N–H and O–H groups in total. The first-order valence-electron chi connectivity index (χ1n) is 9.82. The molecule has 0 fully saturated rings. The van der Waals surface area contributed by atoms with E-state index in [1.165, 1.54) is 6.07 Å². The molecule has 0 radical (unpaired) electrons. The zero-order valence-electron chi connectivity index (χ0n) is 16.6. The van der Waals surface area contributed by atoms with Gasteiger partial charge in [0.05, 0.1) is 6.54 Å². The fraction of sp³-hybridized carbons (Fsp3) is 0.292. The third-order valence-corrected chi connectivity index (χ3v) is 4.96. The summed E-state index contributed by atoms with van der Waals surface area (Å²) >= 11 is 0. The van der Waals surface area contributed by atoms with Crippen molar-refractivity contribution in [3.63, 3.8) is 0 Å². The third kappa shape index (κ3) is 4.89. The van der Waals surface area contributed by atoms with Gasteiger partial charge in [0.25, 0.3) is 5.91 Å². The SMILES string of the molecule is CCCCN(Cc1cccn1Cc1cccc(F)c1)C(=O)c1ccccc1C. The van der Waals surface area contributed by atoms with Crippen LogP contribution in [0.15, 0.2) is 66.9 Å². The molecule has 0 aliphatic heterocycles. The Morgan fingerprint density at radius 1 is 1.07 bits per heavy atom. The predicted molar refractivity (Wildman–Crippen MR) is 111 cm³/mol. The number of benzene rings is 2. The summed E-state index contributed by atoms with van der Waals surface area (Å²) < 4.78 is 15.6. The molecule has 0 spiro atoms. The average Bonchev–Trinajstić information content (AvgIpc) is 3.11. The fourth-order valence-corrected chi connectivity index (χ4v) is 3.36. The lowest BCUT2D eigenvalue weighted by atomic mass is 10.1. The van der Waals surface area contributed by atoms with E-state index in [0.717, 1.165) is 41.8 Å². The lowest BCUT2D eigenvalue weighted by molar-refractivity contribution is 0.0736. The van der Waals surface area contributed by atoms with Crippen LogP contribution in [-0.2, 0) is 13.1 Å². The second-order valence-electron chi connectivity index (χ2n) is 7.15. The number of carbonyl (C=O) groups excluding carboxylic acids is 1. The number of unbranched alkanes of at least 4 members (excludes halogenated alkanes) is 1. The van der Waals surface area contributed by atoms with E-state index in [2.05, 4.69) is 11.5 Å². The first-order chi connectivity index (χ1) is 13.6. The van der Waals surface area contributed by atoms with Gasteiger partial charge >= 0.3 is 0 Å². The highest BCUT2D eigenvalue weighted by Crippen LogP contribution is 2.16. The Labute approximate surface area is 166 Å². The molecular weight excluding hydrogens is 351 g/mol. The van der Waals surface area contributed by atoms with E-state index in [-0.39, 0.29) is 11.7 Å². The lowest BCUT2D eigenvalue weighted by Gasteiger charge is -2.24. The Hall–Kier alpha value is -2.88. The Balaban J connectivity index is 1.81. The maximum atomic E-state index is 13.5. The summed E-state index contributed by atoms with van der Waals surface area (Å²) in [5, 5.41) is 0. The normalized spacial score (nSPS) is 10.8. The summed E-state index contributed by atoms with van der Waals surface area (Å²) in [6.45, 7) is 5.94. The van der Waals surface area contributed by atoms with Gasteiger partial charge in [-0.3, -0.25) is 4.79 Å². The molecule has 0 unspecified atom stereocenters. The summed E-state index contributed by atoms with van der Waals surface area (Å²) in [4.78, 5) is 15.1. The first-order valence-corrected chi connectivity index (χ1v) is 9.82. The maximum absolute atomic E-state index is 13.5. The van der Waals surface area contributed by atoms with Crippen LogP contribution in [0.25, 0.3) is 0 Å². The number of amides is 1. The molecule has 1 amide bonds. The van der Waals surface area contributed by atoms with Crippen molar-refractivity contribution in [1.29, 1.82) is 0 Å². The topological polar surface area (TPSA) is 25.2 Å². The number of halogens is 1. The van der Waals surface area contributed by atoms with Gasteiger partial charge in [0.15, 0.2) is 0 Å². The molecule has 0 saturated heterocycles. The Kier molecular flexibility index (Phi) is 6.64. The van der Waals surface area contributed by atoms with Crippen LogP contribution in [0.5, 0.6) is 0 Å². The summed E-state index contributed by atoms with van der Waals surface area (Å²) in [6.07, 6.45) is 3.97. The molecule has 2 aromatic carbocycles. The molecule has 0 saturated carbocycles. The third-order valence-electron chi connectivity index (χ3n) is 4.96. The number of carbonyl (C=O) groups is 1. The number of rotatable bonds is 8. The van der Waals surface area contributed by atoms with Gasteiger partial charge in [-0.25, -0.2) is 4.39 Å². The van der Waals surface area contributed by atoms with E-state index in [0.29, 0.717) is 13.1 Å². The van der Waals surface area contributed by atoms with Crippen LogP contribution >= 0.6 is 0 Å². The molecule has 1 aromatic heterocycles. The van der Waals surface area contributed by atoms with Crippen LogP contribution in [0, 0.1) is 12.7 Å². The largest absolute Gasteiger partial charge is 0.345 e. The van der Waals surface area contributed by atoms with Crippen LogP contribution in [-0.4, -0.2) is 21.9 Å². The van der Waals surface area contributed by atoms with Gasteiger partial charge in [0.2, 0.25) is 0 Å². The van der Waals surface area contributed by atoms with Crippen molar-refractivity contribution in [2.45, 2.75) is 39.8 Å². The second kappa shape index (κ2) is 9.36. The molecule has 4 heteroatoms. The van der Waals surface area contributed by atoms with Crippen LogP contribution in [0.4, 0.5) is 4.39 Å². The van der Waals surface area contributed by atoms with Crippen LogP contribution in [0.2, 0.25) is 0 Å². The lowest BCUT2D eigenvalue weighted by Crippen LogP contribution is -2.32. The Morgan fingerprint density at radius 3 is 2.64 bits per heavy atom. The summed E-state index contributed by atoms with van der Waals surface area (Å²) in [5.41, 5.74) is 3.69. The summed E-state index contributed by atoms with van der Waals surface area (Å²) in [6, 6.07) is 18.4. The van der Waals surface area contributed by atoms with E-state index < -0.39 is 0 Å². The fourth-order valence-electron chi connectivity index (χ4n) is 3.36. The van der Waals surface area contributed by atoms with Crippen molar-refractivity contribution in [3.05, 3.63) is 95.1 Å². The van der Waals surface area contributed by atoms with Gasteiger partial charge in [-0.15, -0.1) is 0 Å². The highest BCUT2D eigenvalue weighted by Gasteiger charge is 2.18. The zero-order valence-corrected chi connectivity index (χ0v) is 16.6. The highest BCUT2D eigenvalue weighted by atomic mass is 19.1. The molecular formula is C24H27FN2O. The number of aromatic nitrogens is 1. The second-order valence-corrected chi connectivity index (χ2v) is 7.15. The average molecular weight is 378 g/mol. The molecule has 3 aromatic rings. The standard InChI is InChI=1S/C24H27FN2O/c1-3-4-14-27(24(28)23-13-6-5-9-19(23)2)18-22-12-8-15-26(22)17-20-10-7-11-21(25)16-20/h5-13,15-16H,3-4,14,17-18H2,1-2H3. The zero-order chi connectivity index (χ0) is 19.9. The quantitative estimate of drug-likeness (QED) is 0.513. The van der Waals surface area contributed by atoms with Gasteiger partial charge < -0.3 is 9.47 Å². The van der Waals surface area contributed by atoms with E-state index >= 15 is 0 Å². The summed E-state index contributed by atoms with van der Waals surface area (Å²) in [7, 11) is 0. The van der Waals surface area contributed by atoms with Crippen molar-refractivity contribution in [3.8, 4) is 0 Å². The smallest absolute Gasteiger partial charge is 0.254 e. The van der Waals surface area contributed by atoms with Gasteiger partial charge in [0.1, 0.15) is 5.82 Å². The van der Waals surface area contributed by atoms with E-state index in [4.69, 9.17) is 0 Å². The molecule has 0 aliphatic carbocycles. The molecule has 146 valence electrons. The molecule has 0 atom stereocenters. The number of aryl methyl sites for hydroxylation is 1. The van der Waals surface area contributed by atoms with E-state index in [1.807, 2.05) is 60.5 Å². The summed E-state index contributed by atoms with van der Waals surface area (Å²) in [5.74, 6) is -0.171.